The summed E-state index contributed by atoms with van der Waals surface area (Å²) >= 11 is 6.72. The second-order valence-corrected chi connectivity index (χ2v) is 13.3. The van der Waals surface area contributed by atoms with Crippen molar-refractivity contribution in [3.05, 3.63) is 64.8 Å². The highest BCUT2D eigenvalue weighted by Crippen LogP contribution is 2.40. The van der Waals surface area contributed by atoms with Crippen molar-refractivity contribution in [1.29, 1.82) is 0 Å². The summed E-state index contributed by atoms with van der Waals surface area (Å²) in [5.41, 5.74) is 6.12. The van der Waals surface area contributed by atoms with Crippen LogP contribution in [0.3, 0.4) is 0 Å². The highest BCUT2D eigenvalue weighted by molar-refractivity contribution is 6.36. The van der Waals surface area contributed by atoms with Gasteiger partial charge in [0.25, 0.3) is 0 Å². The van der Waals surface area contributed by atoms with Crippen molar-refractivity contribution in [1.82, 2.24) is 31.0 Å². The van der Waals surface area contributed by atoms with Crippen molar-refractivity contribution in [3.63, 3.8) is 0 Å². The van der Waals surface area contributed by atoms with E-state index in [0.29, 0.717) is 32.3 Å². The number of hydrogen-bond donors (Lipinski definition) is 3. The number of fused-ring (bicyclic) bond motifs is 3. The molecule has 3 saturated heterocycles. The van der Waals surface area contributed by atoms with Gasteiger partial charge in [-0.15, -0.1) is 0 Å². The lowest BCUT2D eigenvalue weighted by atomic mass is 9.95. The molecule has 0 bridgehead atoms. The van der Waals surface area contributed by atoms with Gasteiger partial charge >= 0.3 is 6.01 Å². The van der Waals surface area contributed by atoms with Crippen LogP contribution in [0.5, 0.6) is 6.01 Å². The fourth-order valence-corrected chi connectivity index (χ4v) is 7.72. The van der Waals surface area contributed by atoms with E-state index in [9.17, 15) is 4.79 Å². The summed E-state index contributed by atoms with van der Waals surface area (Å²) in [4.78, 5) is 34.9. The van der Waals surface area contributed by atoms with E-state index in [2.05, 4.69) is 55.1 Å². The molecule has 0 spiro atoms. The number of halogens is 1. The zero-order valence-electron chi connectivity index (χ0n) is 26.6. The van der Waals surface area contributed by atoms with Gasteiger partial charge in [0.15, 0.2) is 0 Å². The molecule has 2 atom stereocenters. The summed E-state index contributed by atoms with van der Waals surface area (Å²) in [6, 6.07) is 12.8. The van der Waals surface area contributed by atoms with Gasteiger partial charge in [-0.05, 0) is 75.7 Å². The van der Waals surface area contributed by atoms with Gasteiger partial charge in [0.05, 0.1) is 29.0 Å². The molecule has 3 aromatic rings. The van der Waals surface area contributed by atoms with Gasteiger partial charge in [0, 0.05) is 49.4 Å². The number of ether oxygens (including phenoxy) is 1. The molecule has 1 amide bonds. The van der Waals surface area contributed by atoms with Gasteiger partial charge in [-0.25, -0.2) is 0 Å². The third-order valence-electron chi connectivity index (χ3n) is 9.79. The second-order valence-electron chi connectivity index (χ2n) is 12.9. The first-order valence-electron chi connectivity index (χ1n) is 16.4. The third kappa shape index (κ3) is 6.39. The van der Waals surface area contributed by atoms with Crippen LogP contribution in [0.25, 0.3) is 10.8 Å². The lowest BCUT2D eigenvalue weighted by Gasteiger charge is -2.34. The second kappa shape index (κ2) is 13.3. The standard InChI is InChI=1S/C34H43ClN8O3/c1-23-37-30(46-40-23)12-11-29(44)36-16-20-41(2)32-25-13-19-42(28-10-4-8-24-7-3-9-26(35)31(24)28)21-27(25)38-33(39-32)45-22-34-14-5-17-43(34)18-6-15-34/h3-4,7-12,23,30,37,40H,5-6,13-22H2,1-2H3,(H,36,44)/b12-11+. The van der Waals surface area contributed by atoms with Crippen molar-refractivity contribution in [2.75, 3.05) is 56.2 Å². The molecule has 4 aliphatic heterocycles. The van der Waals surface area contributed by atoms with Crippen molar-refractivity contribution in [2.24, 2.45) is 0 Å². The van der Waals surface area contributed by atoms with Crippen LogP contribution in [-0.4, -0.2) is 85.1 Å². The predicted octanol–water partition coefficient (Wildman–Crippen LogP) is 3.76. The molecule has 0 aliphatic carbocycles. The van der Waals surface area contributed by atoms with Gasteiger partial charge in [-0.3, -0.25) is 19.8 Å². The molecule has 12 heteroatoms. The van der Waals surface area contributed by atoms with Crippen molar-refractivity contribution in [2.45, 2.75) is 63.5 Å². The molecule has 3 N–H and O–H groups in total. The Morgan fingerprint density at radius 2 is 2.00 bits per heavy atom. The molecular formula is C34H43ClN8O3. The monoisotopic (exact) mass is 646 g/mol. The van der Waals surface area contributed by atoms with E-state index in [1.165, 1.54) is 18.9 Å². The Balaban J connectivity index is 1.10. The number of anilines is 2. The first-order chi connectivity index (χ1) is 22.4. The smallest absolute Gasteiger partial charge is 0.318 e. The number of aromatic nitrogens is 2. The number of hydrogen-bond acceptors (Lipinski definition) is 10. The molecule has 0 saturated carbocycles. The lowest BCUT2D eigenvalue weighted by molar-refractivity contribution is -0.116. The fraction of sp³-hybridized carbons (Fsp3) is 0.500. The van der Waals surface area contributed by atoms with E-state index in [0.717, 1.165) is 77.5 Å². The summed E-state index contributed by atoms with van der Waals surface area (Å²) in [6.07, 6.45) is 8.43. The first-order valence-corrected chi connectivity index (χ1v) is 16.8. The van der Waals surface area contributed by atoms with E-state index in [1.807, 2.05) is 26.1 Å². The van der Waals surface area contributed by atoms with Gasteiger partial charge < -0.3 is 19.9 Å². The molecule has 11 nitrogen and oxygen atoms in total. The SMILES string of the molecule is CC1NOC(/C=C/C(=O)NCCN(C)c2nc(OCC34CCCN3CCC4)nc3c2CCN(c2cccc4cccc(Cl)c24)C3)N1. The fourth-order valence-electron chi connectivity index (χ4n) is 7.45. The molecular weight excluding hydrogens is 604 g/mol. The summed E-state index contributed by atoms with van der Waals surface area (Å²) in [6.45, 7) is 7.32. The number of rotatable bonds is 10. The molecule has 46 heavy (non-hydrogen) atoms. The van der Waals surface area contributed by atoms with Crippen LogP contribution in [-0.2, 0) is 22.6 Å². The highest BCUT2D eigenvalue weighted by Gasteiger charge is 2.45. The number of amides is 1. The van der Waals surface area contributed by atoms with Crippen molar-refractivity contribution in [3.8, 4) is 6.01 Å². The number of carbonyl (C=O) groups excluding carboxylic acids is 1. The molecule has 3 fully saturated rings. The Bertz CT molecular complexity index is 1600. The maximum atomic E-state index is 12.5. The summed E-state index contributed by atoms with van der Waals surface area (Å²) < 4.78 is 6.48. The number of nitrogens with one attached hydrogen (secondary N) is 3. The van der Waals surface area contributed by atoms with Crippen LogP contribution in [0.15, 0.2) is 48.6 Å². The number of hydroxylamine groups is 1. The highest BCUT2D eigenvalue weighted by atomic mass is 35.5. The van der Waals surface area contributed by atoms with E-state index in [-0.39, 0.29) is 23.8 Å². The maximum Gasteiger partial charge on any atom is 0.318 e. The van der Waals surface area contributed by atoms with E-state index < -0.39 is 0 Å². The molecule has 2 aromatic carbocycles. The Labute approximate surface area is 275 Å². The Morgan fingerprint density at radius 3 is 2.78 bits per heavy atom. The normalized spacial score (nSPS) is 22.4. The first kappa shape index (κ1) is 31.1. The number of carbonyl (C=O) groups is 1. The van der Waals surface area contributed by atoms with Gasteiger partial charge in [-0.1, -0.05) is 35.9 Å². The summed E-state index contributed by atoms with van der Waals surface area (Å²) in [5, 5.41) is 9.06. The van der Waals surface area contributed by atoms with Gasteiger partial charge in [0.2, 0.25) is 5.91 Å². The Hall–Kier alpha value is -3.48. The molecule has 2 unspecified atom stereocenters. The topological polar surface area (TPSA) is 107 Å². The molecule has 0 radical (unpaired) electrons. The van der Waals surface area contributed by atoms with Gasteiger partial charge in [-0.2, -0.15) is 15.4 Å². The minimum atomic E-state index is -0.334. The zero-order valence-corrected chi connectivity index (χ0v) is 27.4. The van der Waals surface area contributed by atoms with Crippen LogP contribution in [0.1, 0.15) is 43.9 Å². The average molecular weight is 647 g/mol. The molecule has 244 valence electrons. The van der Waals surface area contributed by atoms with Crippen LogP contribution in [0, 0.1) is 0 Å². The zero-order chi connectivity index (χ0) is 31.7. The van der Waals surface area contributed by atoms with Crippen LogP contribution < -0.4 is 30.7 Å². The molecule has 4 aliphatic rings. The summed E-state index contributed by atoms with van der Waals surface area (Å²) in [7, 11) is 2.02. The van der Waals surface area contributed by atoms with Crippen LogP contribution >= 0.6 is 11.6 Å². The maximum absolute atomic E-state index is 12.5. The number of benzene rings is 2. The quantitative estimate of drug-likeness (QED) is 0.282. The third-order valence-corrected chi connectivity index (χ3v) is 10.1. The predicted molar refractivity (Wildman–Crippen MR) is 180 cm³/mol. The van der Waals surface area contributed by atoms with Crippen molar-refractivity contribution < 1.29 is 14.4 Å². The van der Waals surface area contributed by atoms with Crippen LogP contribution in [0.2, 0.25) is 5.02 Å². The minimum Gasteiger partial charge on any atom is -0.461 e. The van der Waals surface area contributed by atoms with Crippen molar-refractivity contribution >= 4 is 39.8 Å². The van der Waals surface area contributed by atoms with E-state index in [4.69, 9.17) is 31.1 Å². The van der Waals surface area contributed by atoms with E-state index >= 15 is 0 Å². The van der Waals surface area contributed by atoms with Crippen LogP contribution in [0.4, 0.5) is 11.5 Å². The number of likely N-dealkylation sites (N-methyl/N-ethyl adjacent to an activating group) is 1. The molecule has 5 heterocycles. The average Bonchev–Trinajstić information content (AvgIpc) is 3.78. The minimum absolute atomic E-state index is 0.0332. The summed E-state index contributed by atoms with van der Waals surface area (Å²) in [5.74, 6) is 0.685. The number of nitrogens with zero attached hydrogens (tertiary/aromatic N) is 5. The van der Waals surface area contributed by atoms with E-state index in [1.54, 1.807) is 6.08 Å². The Kier molecular flexibility index (Phi) is 9.02. The lowest BCUT2D eigenvalue weighted by Crippen LogP contribution is -2.43. The Morgan fingerprint density at radius 1 is 1.20 bits per heavy atom. The molecule has 7 rings (SSSR count). The largest absolute Gasteiger partial charge is 0.461 e. The molecule has 1 aromatic heterocycles. The van der Waals surface area contributed by atoms with Gasteiger partial charge in [0.1, 0.15) is 18.7 Å².